The molecule has 19 heavy (non-hydrogen) atoms. The fraction of sp³-hybridized carbons (Fsp3) is 0.417. The van der Waals surface area contributed by atoms with Crippen molar-refractivity contribution in [2.24, 2.45) is 5.92 Å². The molecule has 0 heterocycles. The summed E-state index contributed by atoms with van der Waals surface area (Å²) in [6.45, 7) is 0. The van der Waals surface area contributed by atoms with Crippen LogP contribution in [0.2, 0.25) is 0 Å². The molecule has 0 spiro atoms. The maximum Gasteiger partial charge on any atom is 0.573 e. The summed E-state index contributed by atoms with van der Waals surface area (Å²) in [5, 5.41) is 11.8. The molecule has 1 saturated carbocycles. The van der Waals surface area contributed by atoms with Crippen LogP contribution in [0, 0.1) is 5.92 Å². The van der Waals surface area contributed by atoms with E-state index in [1.807, 2.05) is 0 Å². The zero-order valence-corrected chi connectivity index (χ0v) is 9.78. The van der Waals surface area contributed by atoms with Crippen LogP contribution in [0.1, 0.15) is 12.8 Å². The highest BCUT2D eigenvalue weighted by Crippen LogP contribution is 2.32. The van der Waals surface area contributed by atoms with Gasteiger partial charge in [0.1, 0.15) is 5.75 Å². The van der Waals surface area contributed by atoms with E-state index < -0.39 is 18.2 Å². The van der Waals surface area contributed by atoms with Crippen LogP contribution in [0.5, 0.6) is 5.75 Å². The van der Waals surface area contributed by atoms with Crippen LogP contribution in [0.25, 0.3) is 0 Å². The average molecular weight is 275 g/mol. The van der Waals surface area contributed by atoms with Crippen LogP contribution in [0.4, 0.5) is 18.9 Å². The van der Waals surface area contributed by atoms with Crippen molar-refractivity contribution in [1.82, 2.24) is 0 Å². The Balaban J connectivity index is 2.01. The maximum absolute atomic E-state index is 12.1. The molecule has 2 rings (SSSR count). The number of carboxylic acid groups (broad SMARTS) is 1. The molecule has 2 unspecified atom stereocenters. The highest BCUT2D eigenvalue weighted by molar-refractivity contribution is 5.73. The largest absolute Gasteiger partial charge is 0.573 e. The predicted octanol–water partition coefficient (Wildman–Crippen LogP) is 2.86. The lowest BCUT2D eigenvalue weighted by molar-refractivity contribution is -0.274. The molecule has 2 atom stereocenters. The molecular weight excluding hydrogens is 263 g/mol. The average Bonchev–Trinajstić information content (AvgIpc) is 2.21. The van der Waals surface area contributed by atoms with E-state index in [4.69, 9.17) is 5.11 Å². The van der Waals surface area contributed by atoms with Gasteiger partial charge in [-0.25, -0.2) is 0 Å². The van der Waals surface area contributed by atoms with Crippen molar-refractivity contribution < 1.29 is 27.8 Å². The van der Waals surface area contributed by atoms with Crippen LogP contribution in [0.3, 0.4) is 0 Å². The van der Waals surface area contributed by atoms with E-state index in [9.17, 15) is 18.0 Å². The molecule has 1 fully saturated rings. The number of hydrogen-bond donors (Lipinski definition) is 2. The minimum Gasteiger partial charge on any atom is -0.481 e. The minimum absolute atomic E-state index is 0.251. The Labute approximate surface area is 107 Å². The normalized spacial score (nSPS) is 22.5. The van der Waals surface area contributed by atoms with Gasteiger partial charge in [0.25, 0.3) is 0 Å². The molecule has 104 valence electrons. The van der Waals surface area contributed by atoms with E-state index in [1.54, 1.807) is 6.07 Å². The van der Waals surface area contributed by atoms with Gasteiger partial charge in [-0.1, -0.05) is 6.07 Å². The topological polar surface area (TPSA) is 58.6 Å². The number of halogens is 3. The number of carbonyl (C=O) groups is 1. The zero-order chi connectivity index (χ0) is 14.0. The predicted molar refractivity (Wildman–Crippen MR) is 60.9 cm³/mol. The molecule has 0 bridgehead atoms. The standard InChI is InChI=1S/C12H12F3NO3/c13-12(14,15)19-8-3-1-2-7(6-8)16-10-5-4-9(10)11(17)18/h1-3,6,9-10,16H,4-5H2,(H,17,18). The lowest BCUT2D eigenvalue weighted by Gasteiger charge is -2.34. The summed E-state index contributed by atoms with van der Waals surface area (Å²) < 4.78 is 40.0. The molecule has 0 saturated heterocycles. The van der Waals surface area contributed by atoms with Crippen molar-refractivity contribution in [3.05, 3.63) is 24.3 Å². The van der Waals surface area contributed by atoms with E-state index >= 15 is 0 Å². The molecule has 0 amide bonds. The van der Waals surface area contributed by atoms with Gasteiger partial charge < -0.3 is 15.2 Å². The van der Waals surface area contributed by atoms with Crippen LogP contribution < -0.4 is 10.1 Å². The van der Waals surface area contributed by atoms with Crippen molar-refractivity contribution in [1.29, 1.82) is 0 Å². The summed E-state index contributed by atoms with van der Waals surface area (Å²) in [5.74, 6) is -1.72. The van der Waals surface area contributed by atoms with E-state index in [2.05, 4.69) is 10.1 Å². The SMILES string of the molecule is O=C(O)C1CCC1Nc1cccc(OC(F)(F)F)c1. The number of ether oxygens (including phenoxy) is 1. The second-order valence-corrected chi connectivity index (χ2v) is 4.35. The Morgan fingerprint density at radius 2 is 2.11 bits per heavy atom. The Morgan fingerprint density at radius 3 is 2.63 bits per heavy atom. The van der Waals surface area contributed by atoms with Gasteiger partial charge in [0.2, 0.25) is 0 Å². The van der Waals surface area contributed by atoms with Gasteiger partial charge in [-0.2, -0.15) is 0 Å². The second kappa shape index (κ2) is 4.99. The number of hydrogen-bond acceptors (Lipinski definition) is 3. The van der Waals surface area contributed by atoms with Crippen molar-refractivity contribution in [2.45, 2.75) is 25.2 Å². The maximum atomic E-state index is 12.1. The lowest BCUT2D eigenvalue weighted by atomic mass is 9.79. The summed E-state index contributed by atoms with van der Waals surface area (Å²) >= 11 is 0. The highest BCUT2D eigenvalue weighted by Gasteiger charge is 2.36. The smallest absolute Gasteiger partial charge is 0.481 e. The van der Waals surface area contributed by atoms with Crippen molar-refractivity contribution in [3.63, 3.8) is 0 Å². The molecule has 0 radical (unpaired) electrons. The van der Waals surface area contributed by atoms with Gasteiger partial charge in [-0.3, -0.25) is 4.79 Å². The third kappa shape index (κ3) is 3.52. The van der Waals surface area contributed by atoms with E-state index in [-0.39, 0.29) is 11.8 Å². The number of carboxylic acids is 1. The third-order valence-electron chi connectivity index (χ3n) is 3.01. The molecule has 1 aliphatic carbocycles. The lowest BCUT2D eigenvalue weighted by Crippen LogP contribution is -2.42. The van der Waals surface area contributed by atoms with Gasteiger partial charge in [-0.05, 0) is 25.0 Å². The van der Waals surface area contributed by atoms with Crippen LogP contribution in [0.15, 0.2) is 24.3 Å². The van der Waals surface area contributed by atoms with Crippen molar-refractivity contribution in [3.8, 4) is 5.75 Å². The Kier molecular flexibility index (Phi) is 3.55. The number of aliphatic carboxylic acids is 1. The van der Waals surface area contributed by atoms with Crippen LogP contribution in [-0.4, -0.2) is 23.5 Å². The van der Waals surface area contributed by atoms with Gasteiger partial charge in [0.15, 0.2) is 0 Å². The Morgan fingerprint density at radius 1 is 1.37 bits per heavy atom. The van der Waals surface area contributed by atoms with Crippen LogP contribution >= 0.6 is 0 Å². The molecule has 1 aliphatic rings. The number of nitrogens with one attached hydrogen (secondary N) is 1. The molecule has 1 aromatic carbocycles. The zero-order valence-electron chi connectivity index (χ0n) is 9.78. The first kappa shape index (κ1) is 13.5. The summed E-state index contributed by atoms with van der Waals surface area (Å²) in [4.78, 5) is 10.8. The number of rotatable bonds is 4. The molecule has 0 aromatic heterocycles. The first-order valence-electron chi connectivity index (χ1n) is 5.70. The summed E-state index contributed by atoms with van der Waals surface area (Å²) in [5.41, 5.74) is 0.415. The van der Waals surface area contributed by atoms with Gasteiger partial charge in [0.05, 0.1) is 5.92 Å². The van der Waals surface area contributed by atoms with Crippen molar-refractivity contribution >= 4 is 11.7 Å². The van der Waals surface area contributed by atoms with E-state index in [1.165, 1.54) is 18.2 Å². The van der Waals surface area contributed by atoms with E-state index in [0.29, 0.717) is 18.5 Å². The molecule has 0 aliphatic heterocycles. The second-order valence-electron chi connectivity index (χ2n) is 4.35. The fourth-order valence-corrected chi connectivity index (χ4v) is 1.97. The molecular formula is C12H12F3NO3. The van der Waals surface area contributed by atoms with Gasteiger partial charge >= 0.3 is 12.3 Å². The summed E-state index contributed by atoms with van der Waals surface area (Å²) in [6.07, 6.45) is -3.48. The fourth-order valence-electron chi connectivity index (χ4n) is 1.97. The molecule has 4 nitrogen and oxygen atoms in total. The van der Waals surface area contributed by atoms with E-state index in [0.717, 1.165) is 0 Å². The Bertz CT molecular complexity index is 476. The number of alkyl halides is 3. The molecule has 1 aromatic rings. The van der Waals surface area contributed by atoms with Crippen LogP contribution in [-0.2, 0) is 4.79 Å². The molecule has 7 heteroatoms. The van der Waals surface area contributed by atoms with Crippen molar-refractivity contribution in [2.75, 3.05) is 5.32 Å². The van der Waals surface area contributed by atoms with Gasteiger partial charge in [0, 0.05) is 17.8 Å². The highest BCUT2D eigenvalue weighted by atomic mass is 19.4. The van der Waals surface area contributed by atoms with Gasteiger partial charge in [-0.15, -0.1) is 13.2 Å². The summed E-state index contributed by atoms with van der Waals surface area (Å²) in [7, 11) is 0. The first-order valence-corrected chi connectivity index (χ1v) is 5.70. The number of benzene rings is 1. The minimum atomic E-state index is -4.74. The summed E-state index contributed by atoms with van der Waals surface area (Å²) in [6, 6.07) is 5.12. The molecule has 2 N–H and O–H groups in total. The Hall–Kier alpha value is -1.92. The monoisotopic (exact) mass is 275 g/mol. The first-order chi connectivity index (χ1) is 8.85. The number of anilines is 1. The third-order valence-corrected chi connectivity index (χ3v) is 3.01. The quantitative estimate of drug-likeness (QED) is 0.887.